The van der Waals surface area contributed by atoms with Crippen LogP contribution in [0.25, 0.3) is 0 Å². The van der Waals surface area contributed by atoms with Crippen molar-refractivity contribution < 1.29 is 9.53 Å². The number of primary amides is 1. The number of benzene rings is 1. The summed E-state index contributed by atoms with van der Waals surface area (Å²) in [5.74, 6) is 0.599. The third-order valence-electron chi connectivity index (χ3n) is 6.93. The number of piperidine rings is 1. The number of carbonyl (C=O) groups excluding carboxylic acids is 1. The summed E-state index contributed by atoms with van der Waals surface area (Å²) in [6.07, 6.45) is 7.49. The van der Waals surface area contributed by atoms with Crippen LogP contribution < -0.4 is 21.7 Å². The molecule has 2 aliphatic rings. The molecule has 1 aromatic carbocycles. The summed E-state index contributed by atoms with van der Waals surface area (Å²) >= 11 is 0. The van der Waals surface area contributed by atoms with Crippen molar-refractivity contribution in [3.05, 3.63) is 47.7 Å². The highest BCUT2D eigenvalue weighted by molar-refractivity contribution is 5.99. The molecule has 9 nitrogen and oxygen atoms in total. The van der Waals surface area contributed by atoms with E-state index >= 15 is 0 Å². The lowest BCUT2D eigenvalue weighted by atomic mass is 9.92. The van der Waals surface area contributed by atoms with Gasteiger partial charge in [0.05, 0.1) is 17.8 Å². The van der Waals surface area contributed by atoms with E-state index in [1.54, 1.807) is 6.07 Å². The fourth-order valence-corrected chi connectivity index (χ4v) is 4.81. The lowest BCUT2D eigenvalue weighted by molar-refractivity contribution is 0.0853. The van der Waals surface area contributed by atoms with E-state index in [4.69, 9.17) is 15.9 Å². The van der Waals surface area contributed by atoms with Gasteiger partial charge in [-0.3, -0.25) is 4.79 Å². The number of nitrogens with one attached hydrogen (secondary N) is 4. The molecular weight excluding hydrogens is 454 g/mol. The number of anilines is 3. The Bertz CT molecular complexity index is 1000. The molecule has 1 amide bonds. The van der Waals surface area contributed by atoms with Crippen molar-refractivity contribution in [3.8, 4) is 0 Å². The lowest BCUT2D eigenvalue weighted by Gasteiger charge is -2.26. The first-order chi connectivity index (χ1) is 17.6. The SMILES string of the molecule is N=C(CNCCN1CCCCC1)CNc1cc(Nc2ccc(C3CCOCC3)cc2)ncc1C(N)=O. The van der Waals surface area contributed by atoms with E-state index in [2.05, 4.69) is 38.0 Å². The van der Waals surface area contributed by atoms with Crippen molar-refractivity contribution in [2.45, 2.75) is 38.0 Å². The Morgan fingerprint density at radius 3 is 2.58 bits per heavy atom. The maximum absolute atomic E-state index is 11.9. The van der Waals surface area contributed by atoms with Gasteiger partial charge in [0.25, 0.3) is 5.91 Å². The van der Waals surface area contributed by atoms with E-state index in [-0.39, 0.29) is 0 Å². The molecule has 2 saturated heterocycles. The Labute approximate surface area is 213 Å². The van der Waals surface area contributed by atoms with Crippen LogP contribution in [0.5, 0.6) is 0 Å². The van der Waals surface area contributed by atoms with Crippen LogP contribution in [0.4, 0.5) is 17.2 Å². The number of carbonyl (C=O) groups is 1. The smallest absolute Gasteiger partial charge is 0.252 e. The van der Waals surface area contributed by atoms with Gasteiger partial charge in [-0.15, -0.1) is 0 Å². The number of hydrogen-bond donors (Lipinski definition) is 5. The van der Waals surface area contributed by atoms with Gasteiger partial charge in [-0.25, -0.2) is 4.98 Å². The Morgan fingerprint density at radius 1 is 1.11 bits per heavy atom. The van der Waals surface area contributed by atoms with E-state index in [0.717, 1.165) is 44.8 Å². The van der Waals surface area contributed by atoms with E-state index < -0.39 is 5.91 Å². The second-order valence-corrected chi connectivity index (χ2v) is 9.65. The minimum Gasteiger partial charge on any atom is -0.381 e. The monoisotopic (exact) mass is 493 g/mol. The zero-order chi connectivity index (χ0) is 25.2. The number of rotatable bonds is 12. The van der Waals surface area contributed by atoms with Gasteiger partial charge in [0, 0.05) is 56.5 Å². The van der Waals surface area contributed by atoms with Gasteiger partial charge in [0.2, 0.25) is 0 Å². The summed E-state index contributed by atoms with van der Waals surface area (Å²) in [4.78, 5) is 18.8. The van der Waals surface area contributed by atoms with Crippen LogP contribution in [0.15, 0.2) is 36.5 Å². The van der Waals surface area contributed by atoms with Gasteiger partial charge < -0.3 is 36.7 Å². The number of nitrogens with zero attached hydrogens (tertiary/aromatic N) is 2. The van der Waals surface area contributed by atoms with Crippen molar-refractivity contribution >= 4 is 28.8 Å². The summed E-state index contributed by atoms with van der Waals surface area (Å²) in [5, 5.41) is 18.1. The second-order valence-electron chi connectivity index (χ2n) is 9.65. The number of nitrogens with two attached hydrogens (primary N) is 1. The predicted octanol–water partition coefficient (Wildman–Crippen LogP) is 3.33. The van der Waals surface area contributed by atoms with Crippen molar-refractivity contribution in [2.24, 2.45) is 5.73 Å². The number of aromatic nitrogens is 1. The Balaban J connectivity index is 1.28. The third-order valence-corrected chi connectivity index (χ3v) is 6.93. The Hall–Kier alpha value is -3.01. The first-order valence-corrected chi connectivity index (χ1v) is 13.1. The molecule has 0 radical (unpaired) electrons. The average molecular weight is 494 g/mol. The van der Waals surface area contributed by atoms with Crippen molar-refractivity contribution in [3.63, 3.8) is 0 Å². The van der Waals surface area contributed by atoms with Crippen LogP contribution in [0, 0.1) is 5.41 Å². The molecule has 4 rings (SSSR count). The Kier molecular flexibility index (Phi) is 9.66. The average Bonchev–Trinajstić information content (AvgIpc) is 2.91. The number of pyridine rings is 1. The Morgan fingerprint density at radius 2 is 1.86 bits per heavy atom. The molecule has 6 N–H and O–H groups in total. The van der Waals surface area contributed by atoms with Crippen LogP contribution in [-0.2, 0) is 4.74 Å². The largest absolute Gasteiger partial charge is 0.381 e. The summed E-state index contributed by atoms with van der Waals surface area (Å²) in [6.45, 7) is 6.70. The number of hydrogen-bond acceptors (Lipinski definition) is 8. The van der Waals surface area contributed by atoms with Gasteiger partial charge in [0.1, 0.15) is 5.82 Å². The first-order valence-electron chi connectivity index (χ1n) is 13.1. The minimum atomic E-state index is -0.552. The van der Waals surface area contributed by atoms with Gasteiger partial charge in [-0.1, -0.05) is 18.6 Å². The van der Waals surface area contributed by atoms with Gasteiger partial charge >= 0.3 is 0 Å². The highest BCUT2D eigenvalue weighted by Crippen LogP contribution is 2.28. The molecule has 0 unspecified atom stereocenters. The molecule has 9 heteroatoms. The van der Waals surface area contributed by atoms with Crippen LogP contribution in [-0.4, -0.2) is 74.0 Å². The lowest BCUT2D eigenvalue weighted by Crippen LogP contribution is -2.37. The minimum absolute atomic E-state index is 0.307. The molecule has 1 aromatic heterocycles. The molecule has 0 atom stereocenters. The van der Waals surface area contributed by atoms with E-state index in [1.807, 2.05) is 12.1 Å². The summed E-state index contributed by atoms with van der Waals surface area (Å²) < 4.78 is 5.47. The maximum atomic E-state index is 11.9. The molecule has 2 fully saturated rings. The van der Waals surface area contributed by atoms with E-state index in [0.29, 0.717) is 41.8 Å². The summed E-state index contributed by atoms with van der Waals surface area (Å²) in [6, 6.07) is 10.2. The molecule has 36 heavy (non-hydrogen) atoms. The van der Waals surface area contributed by atoms with Crippen molar-refractivity contribution in [2.75, 3.05) is 63.1 Å². The fraction of sp³-hybridized carbons (Fsp3) is 0.519. The molecular formula is C27H39N7O2. The molecule has 2 aromatic rings. The van der Waals surface area contributed by atoms with Crippen molar-refractivity contribution in [1.29, 1.82) is 5.41 Å². The third kappa shape index (κ3) is 7.74. The van der Waals surface area contributed by atoms with Crippen LogP contribution in [0.3, 0.4) is 0 Å². The predicted molar refractivity (Wildman–Crippen MR) is 145 cm³/mol. The highest BCUT2D eigenvalue weighted by atomic mass is 16.5. The zero-order valence-corrected chi connectivity index (χ0v) is 21.0. The molecule has 0 bridgehead atoms. The summed E-state index contributed by atoms with van der Waals surface area (Å²) in [7, 11) is 0. The standard InChI is InChI=1S/C27H39N7O2/c28-22(17-30-10-13-34-11-2-1-3-12-34)18-31-25-16-26(32-19-24(25)27(29)35)33-23-6-4-20(5-7-23)21-8-14-36-15-9-21/h4-7,16,19,21,28,30H,1-3,8-15,17-18H2,(H2,29,35)(H2,31,32,33). The normalized spacial score (nSPS) is 17.0. The van der Waals surface area contributed by atoms with E-state index in [9.17, 15) is 4.79 Å². The van der Waals surface area contributed by atoms with E-state index in [1.165, 1.54) is 44.1 Å². The molecule has 0 aliphatic carbocycles. The molecule has 2 aliphatic heterocycles. The molecule has 0 saturated carbocycles. The molecule has 194 valence electrons. The fourth-order valence-electron chi connectivity index (χ4n) is 4.81. The molecule has 3 heterocycles. The number of likely N-dealkylation sites (tertiary alicyclic amines) is 1. The topological polar surface area (TPSA) is 128 Å². The number of ether oxygens (including phenoxy) is 1. The van der Waals surface area contributed by atoms with Gasteiger partial charge in [0.15, 0.2) is 0 Å². The first kappa shape index (κ1) is 26.1. The summed E-state index contributed by atoms with van der Waals surface area (Å²) in [5.41, 5.74) is 9.19. The zero-order valence-electron chi connectivity index (χ0n) is 21.0. The quantitative estimate of drug-likeness (QED) is 0.227. The van der Waals surface area contributed by atoms with Gasteiger partial charge in [-0.2, -0.15) is 0 Å². The highest BCUT2D eigenvalue weighted by Gasteiger charge is 2.16. The van der Waals surface area contributed by atoms with Crippen LogP contribution in [0.1, 0.15) is 53.9 Å². The maximum Gasteiger partial charge on any atom is 0.252 e. The second kappa shape index (κ2) is 13.3. The van der Waals surface area contributed by atoms with Crippen molar-refractivity contribution in [1.82, 2.24) is 15.2 Å². The van der Waals surface area contributed by atoms with Crippen LogP contribution in [0.2, 0.25) is 0 Å². The van der Waals surface area contributed by atoms with Gasteiger partial charge in [-0.05, 0) is 62.4 Å². The molecule has 0 spiro atoms. The van der Waals surface area contributed by atoms with Crippen LogP contribution >= 0.6 is 0 Å². The number of amides is 1.